The number of hydrogen-bond acceptors (Lipinski definition) is 4. The Morgan fingerprint density at radius 1 is 1.47 bits per heavy atom. The molecule has 4 nitrogen and oxygen atoms in total. The normalized spacial score (nSPS) is 14.2. The Morgan fingerprint density at radius 2 is 2.21 bits per heavy atom. The van der Waals surface area contributed by atoms with Crippen molar-refractivity contribution in [2.75, 3.05) is 20.8 Å². The van der Waals surface area contributed by atoms with Gasteiger partial charge >= 0.3 is 5.97 Å². The molecule has 0 fully saturated rings. The molecule has 0 N–H and O–H groups in total. The topological polar surface area (TPSA) is 38.8 Å². The van der Waals surface area contributed by atoms with Gasteiger partial charge in [-0.15, -0.1) is 0 Å². The molecule has 0 saturated carbocycles. The number of nitrogens with zero attached hydrogens (tertiary/aromatic N) is 1. The van der Waals surface area contributed by atoms with E-state index < -0.39 is 5.54 Å². The summed E-state index contributed by atoms with van der Waals surface area (Å²) in [4.78, 5) is 13.8. The molecule has 0 amide bonds. The van der Waals surface area contributed by atoms with Crippen molar-refractivity contribution in [3.05, 3.63) is 29.3 Å². The standard InChI is InChI=1S/C15H21NO3/c1-15(2,14(17)18-4)16(3)10-11-5-6-13-12(9-11)7-8-19-13/h5-6,9H,7-8,10H2,1-4H3. The monoisotopic (exact) mass is 263 g/mol. The van der Waals surface area contributed by atoms with Crippen LogP contribution in [0, 0.1) is 0 Å². The van der Waals surface area contributed by atoms with Crippen molar-refractivity contribution >= 4 is 5.97 Å². The molecule has 0 aromatic heterocycles. The molecule has 0 atom stereocenters. The van der Waals surface area contributed by atoms with Gasteiger partial charge in [-0.05, 0) is 38.1 Å². The fourth-order valence-corrected chi connectivity index (χ4v) is 2.22. The van der Waals surface area contributed by atoms with Crippen LogP contribution < -0.4 is 4.74 Å². The van der Waals surface area contributed by atoms with Crippen molar-refractivity contribution < 1.29 is 14.3 Å². The summed E-state index contributed by atoms with van der Waals surface area (Å²) in [6.45, 7) is 5.21. The van der Waals surface area contributed by atoms with Crippen LogP contribution in [0.5, 0.6) is 5.75 Å². The highest BCUT2D eigenvalue weighted by molar-refractivity contribution is 5.79. The number of carbonyl (C=O) groups is 1. The average Bonchev–Trinajstić information content (AvgIpc) is 2.84. The lowest BCUT2D eigenvalue weighted by molar-refractivity contribution is -0.152. The van der Waals surface area contributed by atoms with Gasteiger partial charge in [-0.2, -0.15) is 0 Å². The summed E-state index contributed by atoms with van der Waals surface area (Å²) in [6.07, 6.45) is 0.966. The summed E-state index contributed by atoms with van der Waals surface area (Å²) in [5.41, 5.74) is 1.80. The number of likely N-dealkylation sites (N-methyl/N-ethyl adjacent to an activating group) is 1. The average molecular weight is 263 g/mol. The minimum Gasteiger partial charge on any atom is -0.493 e. The van der Waals surface area contributed by atoms with Gasteiger partial charge in [-0.25, -0.2) is 0 Å². The number of esters is 1. The van der Waals surface area contributed by atoms with Gasteiger partial charge in [-0.3, -0.25) is 9.69 Å². The highest BCUT2D eigenvalue weighted by atomic mass is 16.5. The summed E-state index contributed by atoms with van der Waals surface area (Å²) in [5.74, 6) is 0.762. The molecule has 104 valence electrons. The highest BCUT2D eigenvalue weighted by Gasteiger charge is 2.33. The molecule has 1 aliphatic rings. The summed E-state index contributed by atoms with van der Waals surface area (Å²) in [6, 6.07) is 6.22. The van der Waals surface area contributed by atoms with E-state index in [4.69, 9.17) is 9.47 Å². The lowest BCUT2D eigenvalue weighted by atomic mass is 10.0. The molecule has 0 saturated heterocycles. The van der Waals surface area contributed by atoms with Crippen molar-refractivity contribution in [3.63, 3.8) is 0 Å². The van der Waals surface area contributed by atoms with Crippen LogP contribution in [0.2, 0.25) is 0 Å². The third-order valence-corrected chi connectivity index (χ3v) is 3.81. The molecule has 1 aliphatic heterocycles. The zero-order valence-corrected chi connectivity index (χ0v) is 12.0. The third-order valence-electron chi connectivity index (χ3n) is 3.81. The van der Waals surface area contributed by atoms with Crippen LogP contribution in [0.4, 0.5) is 0 Å². The molecule has 0 bridgehead atoms. The summed E-state index contributed by atoms with van der Waals surface area (Å²) >= 11 is 0. The lowest BCUT2D eigenvalue weighted by Gasteiger charge is -2.32. The molecule has 1 aromatic carbocycles. The van der Waals surface area contributed by atoms with E-state index in [0.717, 1.165) is 18.8 Å². The smallest absolute Gasteiger partial charge is 0.325 e. The molecule has 19 heavy (non-hydrogen) atoms. The van der Waals surface area contributed by atoms with Gasteiger partial charge in [-0.1, -0.05) is 12.1 Å². The van der Waals surface area contributed by atoms with Gasteiger partial charge in [0.05, 0.1) is 13.7 Å². The Kier molecular flexibility index (Phi) is 3.80. The minimum atomic E-state index is -0.635. The fourth-order valence-electron chi connectivity index (χ4n) is 2.22. The first-order chi connectivity index (χ1) is 8.95. The van der Waals surface area contributed by atoms with E-state index in [9.17, 15) is 4.79 Å². The lowest BCUT2D eigenvalue weighted by Crippen LogP contribution is -2.48. The first kappa shape index (κ1) is 13.9. The largest absolute Gasteiger partial charge is 0.493 e. The minimum absolute atomic E-state index is 0.223. The van der Waals surface area contributed by atoms with Crippen LogP contribution in [0.3, 0.4) is 0 Å². The van der Waals surface area contributed by atoms with Crippen LogP contribution in [0.15, 0.2) is 18.2 Å². The molecular formula is C15H21NO3. The van der Waals surface area contributed by atoms with Gasteiger partial charge in [0.2, 0.25) is 0 Å². The molecule has 0 unspecified atom stereocenters. The van der Waals surface area contributed by atoms with Crippen LogP contribution in [-0.2, 0) is 22.5 Å². The van der Waals surface area contributed by atoms with Crippen molar-refractivity contribution in [2.24, 2.45) is 0 Å². The van der Waals surface area contributed by atoms with E-state index in [1.165, 1.54) is 18.2 Å². The molecule has 1 aromatic rings. The Hall–Kier alpha value is -1.55. The van der Waals surface area contributed by atoms with Crippen LogP contribution in [0.25, 0.3) is 0 Å². The fraction of sp³-hybridized carbons (Fsp3) is 0.533. The number of ether oxygens (including phenoxy) is 2. The van der Waals surface area contributed by atoms with Crippen LogP contribution in [-0.4, -0.2) is 37.2 Å². The SMILES string of the molecule is COC(=O)C(C)(C)N(C)Cc1ccc2c(c1)CCO2. The summed E-state index contributed by atoms with van der Waals surface area (Å²) in [5, 5.41) is 0. The second-order valence-electron chi connectivity index (χ2n) is 5.45. The second-order valence-corrected chi connectivity index (χ2v) is 5.45. The van der Waals surface area contributed by atoms with E-state index in [-0.39, 0.29) is 5.97 Å². The zero-order chi connectivity index (χ0) is 14.0. The predicted molar refractivity (Wildman–Crippen MR) is 73.2 cm³/mol. The number of hydrogen-bond donors (Lipinski definition) is 0. The maximum atomic E-state index is 11.8. The number of rotatable bonds is 4. The first-order valence-electron chi connectivity index (χ1n) is 6.49. The van der Waals surface area contributed by atoms with E-state index >= 15 is 0 Å². The number of methoxy groups -OCH3 is 1. The highest BCUT2D eigenvalue weighted by Crippen LogP contribution is 2.27. The maximum absolute atomic E-state index is 11.8. The Bertz CT molecular complexity index is 482. The van der Waals surface area contributed by atoms with Crippen molar-refractivity contribution in [1.29, 1.82) is 0 Å². The zero-order valence-electron chi connectivity index (χ0n) is 12.0. The summed E-state index contributed by atoms with van der Waals surface area (Å²) < 4.78 is 10.3. The van der Waals surface area contributed by atoms with E-state index in [1.807, 2.05) is 37.9 Å². The van der Waals surface area contributed by atoms with Gasteiger partial charge in [0.25, 0.3) is 0 Å². The van der Waals surface area contributed by atoms with Crippen molar-refractivity contribution in [1.82, 2.24) is 4.90 Å². The Balaban J connectivity index is 2.10. The Labute approximate surface area is 114 Å². The maximum Gasteiger partial charge on any atom is 0.325 e. The van der Waals surface area contributed by atoms with Crippen molar-refractivity contribution in [2.45, 2.75) is 32.4 Å². The molecular weight excluding hydrogens is 242 g/mol. The quantitative estimate of drug-likeness (QED) is 0.779. The molecule has 4 heteroatoms. The van der Waals surface area contributed by atoms with Gasteiger partial charge < -0.3 is 9.47 Å². The number of fused-ring (bicyclic) bond motifs is 1. The molecule has 0 radical (unpaired) electrons. The van der Waals surface area contributed by atoms with E-state index in [1.54, 1.807) is 0 Å². The van der Waals surface area contributed by atoms with Gasteiger partial charge in [0.1, 0.15) is 11.3 Å². The number of benzene rings is 1. The molecule has 0 aliphatic carbocycles. The van der Waals surface area contributed by atoms with E-state index in [2.05, 4.69) is 6.07 Å². The number of carbonyl (C=O) groups excluding carboxylic acids is 1. The molecule has 2 rings (SSSR count). The molecule has 1 heterocycles. The van der Waals surface area contributed by atoms with Gasteiger partial charge in [0, 0.05) is 13.0 Å². The van der Waals surface area contributed by atoms with Crippen molar-refractivity contribution in [3.8, 4) is 5.75 Å². The first-order valence-corrected chi connectivity index (χ1v) is 6.49. The molecule has 0 spiro atoms. The summed E-state index contributed by atoms with van der Waals surface area (Å²) in [7, 11) is 3.35. The third kappa shape index (κ3) is 2.73. The van der Waals surface area contributed by atoms with Crippen LogP contribution >= 0.6 is 0 Å². The Morgan fingerprint density at radius 3 is 2.89 bits per heavy atom. The predicted octanol–water partition coefficient (Wildman–Crippen LogP) is 2.00. The van der Waals surface area contributed by atoms with E-state index in [0.29, 0.717) is 6.54 Å². The van der Waals surface area contributed by atoms with Gasteiger partial charge in [0.15, 0.2) is 0 Å². The van der Waals surface area contributed by atoms with Crippen LogP contribution in [0.1, 0.15) is 25.0 Å². The second kappa shape index (κ2) is 5.21.